The Balaban J connectivity index is 4.55. The van der Waals surface area contributed by atoms with Gasteiger partial charge in [-0.3, -0.25) is 14.4 Å². The summed E-state index contributed by atoms with van der Waals surface area (Å²) in [5.74, 6) is -1.03. The molecule has 6 heteroatoms. The third-order valence-corrected chi connectivity index (χ3v) is 12.1. The van der Waals surface area contributed by atoms with E-state index in [4.69, 9.17) is 14.2 Å². The minimum absolute atomic E-state index is 0.120. The van der Waals surface area contributed by atoms with E-state index >= 15 is 0 Å². The molecular weight excluding hydrogens is 913 g/mol. The molecular formula is C68H108O6. The number of unbranched alkanes of at least 4 members (excludes halogenated alkanes) is 17. The molecule has 74 heavy (non-hydrogen) atoms. The smallest absolute Gasteiger partial charge is 0.306 e. The number of ether oxygens (including phenoxy) is 3. The second-order valence-corrected chi connectivity index (χ2v) is 19.1. The quantitative estimate of drug-likeness (QED) is 0.0261. The van der Waals surface area contributed by atoms with Crippen molar-refractivity contribution in [2.45, 2.75) is 252 Å². The molecule has 0 spiro atoms. The molecule has 416 valence electrons. The lowest BCUT2D eigenvalue weighted by Gasteiger charge is -2.18. The molecule has 0 aliphatic rings. The van der Waals surface area contributed by atoms with Gasteiger partial charge in [0, 0.05) is 19.3 Å². The van der Waals surface area contributed by atoms with Gasteiger partial charge in [0.2, 0.25) is 0 Å². The number of carbonyl (C=O) groups excluding carboxylic acids is 3. The fourth-order valence-electron chi connectivity index (χ4n) is 7.71. The van der Waals surface area contributed by atoms with Crippen LogP contribution in [0.1, 0.15) is 245 Å². The Labute approximate surface area is 455 Å². The molecule has 0 saturated heterocycles. The zero-order valence-electron chi connectivity index (χ0n) is 47.5. The Bertz CT molecular complexity index is 1640. The van der Waals surface area contributed by atoms with Gasteiger partial charge < -0.3 is 14.2 Å². The van der Waals surface area contributed by atoms with Crippen LogP contribution in [-0.4, -0.2) is 37.2 Å². The first-order valence-corrected chi connectivity index (χ1v) is 29.8. The molecule has 1 atom stereocenters. The van der Waals surface area contributed by atoms with E-state index in [0.717, 1.165) is 128 Å². The fourth-order valence-corrected chi connectivity index (χ4v) is 7.71. The maximum absolute atomic E-state index is 12.8. The van der Waals surface area contributed by atoms with Crippen LogP contribution < -0.4 is 0 Å². The van der Waals surface area contributed by atoms with Crippen LogP contribution in [0.5, 0.6) is 0 Å². The van der Waals surface area contributed by atoms with Crippen molar-refractivity contribution >= 4 is 17.9 Å². The highest BCUT2D eigenvalue weighted by Crippen LogP contribution is 2.14. The number of rotatable bonds is 52. The van der Waals surface area contributed by atoms with Gasteiger partial charge in [-0.15, -0.1) is 0 Å². The van der Waals surface area contributed by atoms with Crippen molar-refractivity contribution in [3.8, 4) is 0 Å². The van der Waals surface area contributed by atoms with Gasteiger partial charge in [-0.2, -0.15) is 0 Å². The highest BCUT2D eigenvalue weighted by Gasteiger charge is 2.19. The Kier molecular flexibility index (Phi) is 57.0. The Morgan fingerprint density at radius 3 is 0.878 bits per heavy atom. The average molecular weight is 1020 g/mol. The third kappa shape index (κ3) is 58.2. The SMILES string of the molecule is CC/C=C\C/C=C\C/C=C\C/C=C\C/C=C\C/C=C\CCCCCCC(=O)OCC(COC(=O)CCCCCCCCCCCCCCCC)OC(=O)CC/C=C\C/C=C\C/C=C\C/C=C\C/C=C\C/C=C\CC. The van der Waals surface area contributed by atoms with E-state index in [1.165, 1.54) is 70.6 Å². The number of carbonyl (C=O) groups is 3. The van der Waals surface area contributed by atoms with Crippen molar-refractivity contribution in [2.24, 2.45) is 0 Å². The second-order valence-electron chi connectivity index (χ2n) is 19.1. The highest BCUT2D eigenvalue weighted by atomic mass is 16.6. The van der Waals surface area contributed by atoms with Gasteiger partial charge in [0.25, 0.3) is 0 Å². The van der Waals surface area contributed by atoms with Gasteiger partial charge in [-0.05, 0) is 109 Å². The molecule has 0 aromatic carbocycles. The van der Waals surface area contributed by atoms with Crippen molar-refractivity contribution in [1.29, 1.82) is 0 Å². The summed E-state index contributed by atoms with van der Waals surface area (Å²) in [6, 6.07) is 0. The predicted molar refractivity (Wildman–Crippen MR) is 320 cm³/mol. The van der Waals surface area contributed by atoms with E-state index in [1.54, 1.807) is 0 Å². The van der Waals surface area contributed by atoms with Crippen LogP contribution >= 0.6 is 0 Å². The normalized spacial score (nSPS) is 13.2. The highest BCUT2D eigenvalue weighted by molar-refractivity contribution is 5.71. The van der Waals surface area contributed by atoms with E-state index in [9.17, 15) is 14.4 Å². The lowest BCUT2D eigenvalue weighted by molar-refractivity contribution is -0.166. The van der Waals surface area contributed by atoms with Gasteiger partial charge in [-0.25, -0.2) is 0 Å². The molecule has 0 rings (SSSR count). The summed E-state index contributed by atoms with van der Waals surface area (Å²) in [5, 5.41) is 0. The van der Waals surface area contributed by atoms with Crippen LogP contribution in [0.3, 0.4) is 0 Å². The van der Waals surface area contributed by atoms with Crippen LogP contribution in [0.2, 0.25) is 0 Å². The minimum Gasteiger partial charge on any atom is -0.462 e. The summed E-state index contributed by atoms with van der Waals surface area (Å²) in [5.41, 5.74) is 0. The molecule has 6 nitrogen and oxygen atoms in total. The van der Waals surface area contributed by atoms with E-state index in [0.29, 0.717) is 19.3 Å². The van der Waals surface area contributed by atoms with Crippen LogP contribution in [-0.2, 0) is 28.6 Å². The molecule has 0 aromatic rings. The summed E-state index contributed by atoms with van der Waals surface area (Å²) < 4.78 is 16.8. The van der Waals surface area contributed by atoms with Crippen LogP contribution in [0, 0.1) is 0 Å². The van der Waals surface area contributed by atoms with Crippen molar-refractivity contribution < 1.29 is 28.6 Å². The number of hydrogen-bond acceptors (Lipinski definition) is 6. The van der Waals surface area contributed by atoms with Gasteiger partial charge >= 0.3 is 17.9 Å². The van der Waals surface area contributed by atoms with Gasteiger partial charge in [0.15, 0.2) is 6.10 Å². The summed E-state index contributed by atoms with van der Waals surface area (Å²) in [6.45, 7) is 6.33. The Morgan fingerprint density at radius 2 is 0.554 bits per heavy atom. The third-order valence-electron chi connectivity index (χ3n) is 12.1. The first kappa shape index (κ1) is 69.3. The summed E-state index contributed by atoms with van der Waals surface area (Å²) >= 11 is 0. The molecule has 0 N–H and O–H groups in total. The first-order chi connectivity index (χ1) is 36.5. The van der Waals surface area contributed by atoms with Crippen LogP contribution in [0.15, 0.2) is 146 Å². The lowest BCUT2D eigenvalue weighted by atomic mass is 10.0. The van der Waals surface area contributed by atoms with Gasteiger partial charge in [-0.1, -0.05) is 263 Å². The maximum Gasteiger partial charge on any atom is 0.306 e. The van der Waals surface area contributed by atoms with E-state index in [1.807, 2.05) is 12.2 Å². The zero-order chi connectivity index (χ0) is 53.6. The predicted octanol–water partition coefficient (Wildman–Crippen LogP) is 20.4. The summed E-state index contributed by atoms with van der Waals surface area (Å²) in [6.07, 6.45) is 87.1. The molecule has 0 aliphatic heterocycles. The van der Waals surface area contributed by atoms with E-state index in [-0.39, 0.29) is 31.6 Å². The topological polar surface area (TPSA) is 78.9 Å². The molecule has 0 aromatic heterocycles. The van der Waals surface area contributed by atoms with Crippen molar-refractivity contribution in [3.05, 3.63) is 146 Å². The van der Waals surface area contributed by atoms with Crippen molar-refractivity contribution in [3.63, 3.8) is 0 Å². The number of esters is 3. The monoisotopic (exact) mass is 1020 g/mol. The van der Waals surface area contributed by atoms with Crippen LogP contribution in [0.25, 0.3) is 0 Å². The molecule has 0 aliphatic carbocycles. The lowest BCUT2D eigenvalue weighted by Crippen LogP contribution is -2.30. The minimum atomic E-state index is -0.835. The molecule has 0 amide bonds. The van der Waals surface area contributed by atoms with E-state index < -0.39 is 12.1 Å². The van der Waals surface area contributed by atoms with Crippen LogP contribution in [0.4, 0.5) is 0 Å². The molecule has 1 unspecified atom stereocenters. The molecule has 0 fully saturated rings. The Hall–Kier alpha value is -4.71. The van der Waals surface area contributed by atoms with Gasteiger partial charge in [0.05, 0.1) is 0 Å². The van der Waals surface area contributed by atoms with Crippen molar-refractivity contribution in [2.75, 3.05) is 13.2 Å². The van der Waals surface area contributed by atoms with Gasteiger partial charge in [0.1, 0.15) is 13.2 Å². The summed E-state index contributed by atoms with van der Waals surface area (Å²) in [4.78, 5) is 38.2. The first-order valence-electron chi connectivity index (χ1n) is 29.8. The standard InChI is InChI=1S/C68H108O6/c1-4-7-10-13-16-19-22-25-28-30-32-33-34-35-37-38-40-43-46-49-52-55-58-61-67(70)73-64-65(63-72-66(69)60-57-54-51-48-45-42-27-24-21-18-15-12-9-6-3)74-68(71)62-59-56-53-50-47-44-41-39-36-31-29-26-23-20-17-14-11-8-5-2/h7-8,10-11,16-17,19-20,25-26,28-29,32-33,35-37,39-40,43-44,47,53,56,65H,4-6,9,12-15,18,21-24,27,30-31,34,38,41-42,45-46,48-52,54-55,57-64H2,1-3H3/b10-7-,11-8-,19-16-,20-17-,28-25-,29-26-,33-32-,37-35-,39-36-,43-40-,47-44-,56-53-. The maximum atomic E-state index is 12.8. The average Bonchev–Trinajstić information content (AvgIpc) is 3.40. The second kappa shape index (κ2) is 60.8. The Morgan fingerprint density at radius 1 is 0.284 bits per heavy atom. The zero-order valence-corrected chi connectivity index (χ0v) is 47.5. The molecule has 0 saturated carbocycles. The van der Waals surface area contributed by atoms with Crippen molar-refractivity contribution in [1.82, 2.24) is 0 Å². The number of allylic oxidation sites excluding steroid dienone is 24. The molecule has 0 bridgehead atoms. The van der Waals surface area contributed by atoms with E-state index in [2.05, 4.69) is 154 Å². The fraction of sp³-hybridized carbons (Fsp3) is 0.603. The largest absolute Gasteiger partial charge is 0.462 e. The number of hydrogen-bond donors (Lipinski definition) is 0. The molecule has 0 radical (unpaired) electrons. The summed E-state index contributed by atoms with van der Waals surface area (Å²) in [7, 11) is 0. The molecule has 0 heterocycles.